The summed E-state index contributed by atoms with van der Waals surface area (Å²) in [6.07, 6.45) is 1.36. The van der Waals surface area contributed by atoms with Crippen molar-refractivity contribution in [2.24, 2.45) is 5.10 Å². The van der Waals surface area contributed by atoms with E-state index in [4.69, 9.17) is 0 Å². The molecule has 0 radical (unpaired) electrons. The van der Waals surface area contributed by atoms with E-state index in [1.807, 2.05) is 0 Å². The molecule has 0 bridgehead atoms. The fourth-order valence-electron chi connectivity index (χ4n) is 2.62. The number of rotatable bonds is 7. The predicted molar refractivity (Wildman–Crippen MR) is 117 cm³/mol. The largest absolute Gasteiger partial charge is 0.271 e. The lowest BCUT2D eigenvalue weighted by Gasteiger charge is -2.19. The van der Waals surface area contributed by atoms with Crippen molar-refractivity contribution in [3.05, 3.63) is 100 Å². The fourth-order valence-corrected chi connectivity index (χ4v) is 3.84. The number of hydrogen-bond acceptors (Lipinski definition) is 6. The smallest absolute Gasteiger partial charge is 0.269 e. The van der Waals surface area contributed by atoms with Gasteiger partial charge in [0.1, 0.15) is 0 Å². The van der Waals surface area contributed by atoms with Crippen LogP contribution in [0.3, 0.4) is 0 Å². The predicted octanol–water partition coefficient (Wildman–Crippen LogP) is 3.18. The summed E-state index contributed by atoms with van der Waals surface area (Å²) in [6, 6.07) is 19.7. The van der Waals surface area contributed by atoms with Crippen LogP contribution in [-0.4, -0.2) is 32.5 Å². The van der Waals surface area contributed by atoms with Crippen LogP contribution in [-0.2, 0) is 10.0 Å². The highest BCUT2D eigenvalue weighted by atomic mass is 32.2. The zero-order valence-electron chi connectivity index (χ0n) is 16.4. The Labute approximate surface area is 178 Å². The Morgan fingerprint density at radius 2 is 1.61 bits per heavy atom. The number of hydrazone groups is 1. The van der Waals surface area contributed by atoms with Crippen LogP contribution in [0.1, 0.15) is 15.9 Å². The molecule has 158 valence electrons. The van der Waals surface area contributed by atoms with Crippen molar-refractivity contribution >= 4 is 33.5 Å². The molecule has 10 heteroatoms. The minimum absolute atomic E-state index is 0.0412. The molecule has 0 saturated carbocycles. The lowest BCUT2D eigenvalue weighted by atomic mass is 10.2. The average molecular weight is 438 g/mol. The molecule has 3 aromatic rings. The quantitative estimate of drug-likeness (QED) is 0.345. The van der Waals surface area contributed by atoms with Crippen LogP contribution in [0.4, 0.5) is 11.4 Å². The number of carbonyl (C=O) groups excluding carboxylic acids is 1. The topological polar surface area (TPSA) is 122 Å². The molecular weight excluding hydrogens is 420 g/mol. The summed E-state index contributed by atoms with van der Waals surface area (Å²) in [5.41, 5.74) is 3.58. The first-order chi connectivity index (χ1) is 14.8. The molecule has 3 rings (SSSR count). The van der Waals surface area contributed by atoms with Gasteiger partial charge in [0, 0.05) is 24.7 Å². The summed E-state index contributed by atoms with van der Waals surface area (Å²) in [5.74, 6) is -0.488. The summed E-state index contributed by atoms with van der Waals surface area (Å²) in [5, 5.41) is 14.5. The molecule has 0 unspecified atom stereocenters. The molecule has 0 aliphatic carbocycles. The van der Waals surface area contributed by atoms with E-state index in [2.05, 4.69) is 10.5 Å². The Balaban J connectivity index is 1.65. The molecule has 0 aliphatic rings. The van der Waals surface area contributed by atoms with Crippen molar-refractivity contribution in [1.82, 2.24) is 5.43 Å². The van der Waals surface area contributed by atoms with Gasteiger partial charge in [-0.3, -0.25) is 19.2 Å². The van der Waals surface area contributed by atoms with Crippen molar-refractivity contribution in [3.63, 3.8) is 0 Å². The molecule has 1 amide bonds. The molecular formula is C21H18N4O5S. The summed E-state index contributed by atoms with van der Waals surface area (Å²) in [4.78, 5) is 22.5. The van der Waals surface area contributed by atoms with Gasteiger partial charge in [0.2, 0.25) is 0 Å². The third-order valence-corrected chi connectivity index (χ3v) is 6.18. The molecule has 1 N–H and O–H groups in total. The molecule has 0 spiro atoms. The number of nitrogens with zero attached hydrogens (tertiary/aromatic N) is 3. The van der Waals surface area contributed by atoms with E-state index in [0.29, 0.717) is 11.3 Å². The van der Waals surface area contributed by atoms with E-state index >= 15 is 0 Å². The molecule has 0 heterocycles. The van der Waals surface area contributed by atoms with Crippen LogP contribution in [0.25, 0.3) is 0 Å². The first kappa shape index (κ1) is 21.7. The highest BCUT2D eigenvalue weighted by molar-refractivity contribution is 7.92. The van der Waals surface area contributed by atoms with Gasteiger partial charge in [0.05, 0.1) is 21.7 Å². The lowest BCUT2D eigenvalue weighted by Crippen LogP contribution is -2.26. The van der Waals surface area contributed by atoms with Gasteiger partial charge >= 0.3 is 0 Å². The van der Waals surface area contributed by atoms with Crippen LogP contribution in [0, 0.1) is 10.1 Å². The van der Waals surface area contributed by atoms with Crippen LogP contribution >= 0.6 is 0 Å². The average Bonchev–Trinajstić information content (AvgIpc) is 2.79. The van der Waals surface area contributed by atoms with Crippen LogP contribution < -0.4 is 9.73 Å². The van der Waals surface area contributed by atoms with Crippen molar-refractivity contribution in [1.29, 1.82) is 0 Å². The Hall–Kier alpha value is -4.05. The third-order valence-electron chi connectivity index (χ3n) is 4.38. The lowest BCUT2D eigenvalue weighted by molar-refractivity contribution is -0.384. The summed E-state index contributed by atoms with van der Waals surface area (Å²) < 4.78 is 26.5. The second-order valence-electron chi connectivity index (χ2n) is 6.38. The summed E-state index contributed by atoms with van der Waals surface area (Å²) in [7, 11) is -2.27. The van der Waals surface area contributed by atoms with E-state index < -0.39 is 20.9 Å². The van der Waals surface area contributed by atoms with Crippen LogP contribution in [0.15, 0.2) is 88.9 Å². The molecule has 31 heavy (non-hydrogen) atoms. The monoisotopic (exact) mass is 438 g/mol. The van der Waals surface area contributed by atoms with Crippen molar-refractivity contribution in [2.45, 2.75) is 4.90 Å². The maximum absolute atomic E-state index is 12.7. The van der Waals surface area contributed by atoms with Gasteiger partial charge in [-0.1, -0.05) is 18.2 Å². The van der Waals surface area contributed by atoms with E-state index in [9.17, 15) is 23.3 Å². The second-order valence-corrected chi connectivity index (χ2v) is 8.35. The summed E-state index contributed by atoms with van der Waals surface area (Å²) >= 11 is 0. The first-order valence-corrected chi connectivity index (χ1v) is 10.4. The van der Waals surface area contributed by atoms with Gasteiger partial charge in [-0.2, -0.15) is 5.10 Å². The molecule has 3 aromatic carbocycles. The second kappa shape index (κ2) is 9.18. The van der Waals surface area contributed by atoms with Crippen LogP contribution in [0.2, 0.25) is 0 Å². The number of sulfonamides is 1. The molecule has 0 fully saturated rings. The van der Waals surface area contributed by atoms with E-state index in [1.165, 1.54) is 73.9 Å². The zero-order chi connectivity index (χ0) is 22.4. The van der Waals surface area contributed by atoms with Gasteiger partial charge < -0.3 is 0 Å². The first-order valence-electron chi connectivity index (χ1n) is 9.01. The van der Waals surface area contributed by atoms with Gasteiger partial charge in [-0.05, 0) is 54.1 Å². The van der Waals surface area contributed by atoms with E-state index in [-0.39, 0.29) is 16.1 Å². The summed E-state index contributed by atoms with van der Waals surface area (Å²) in [6.45, 7) is 0. The number of hydrogen-bond donors (Lipinski definition) is 1. The zero-order valence-corrected chi connectivity index (χ0v) is 17.2. The van der Waals surface area contributed by atoms with Gasteiger partial charge in [-0.15, -0.1) is 0 Å². The minimum Gasteiger partial charge on any atom is -0.269 e. The number of carbonyl (C=O) groups is 1. The van der Waals surface area contributed by atoms with Crippen LogP contribution in [0.5, 0.6) is 0 Å². The molecule has 0 atom stereocenters. The Morgan fingerprint density at radius 3 is 2.19 bits per heavy atom. The van der Waals surface area contributed by atoms with Gasteiger partial charge in [0.15, 0.2) is 0 Å². The number of non-ortho nitro benzene ring substituents is 1. The SMILES string of the molecule is CN(c1ccc(C(=O)N/N=C\c2ccc([N+](=O)[O-])cc2)cc1)S(=O)(=O)c1ccccc1. The maximum atomic E-state index is 12.7. The van der Waals surface area contributed by atoms with Crippen molar-refractivity contribution in [3.8, 4) is 0 Å². The van der Waals surface area contributed by atoms with Crippen molar-refractivity contribution in [2.75, 3.05) is 11.4 Å². The fraction of sp³-hybridized carbons (Fsp3) is 0.0476. The number of nitrogens with one attached hydrogen (secondary N) is 1. The van der Waals surface area contributed by atoms with Crippen molar-refractivity contribution < 1.29 is 18.1 Å². The van der Waals surface area contributed by atoms with E-state index in [0.717, 1.165) is 4.31 Å². The third kappa shape index (κ3) is 5.11. The number of nitro benzene ring substituents is 1. The Bertz CT molecular complexity index is 1210. The maximum Gasteiger partial charge on any atom is 0.271 e. The molecule has 0 saturated heterocycles. The number of amides is 1. The number of anilines is 1. The van der Waals surface area contributed by atoms with Gasteiger partial charge in [-0.25, -0.2) is 13.8 Å². The molecule has 0 aliphatic heterocycles. The van der Waals surface area contributed by atoms with Gasteiger partial charge in [0.25, 0.3) is 21.6 Å². The number of benzene rings is 3. The number of nitro groups is 1. The van der Waals surface area contributed by atoms with E-state index in [1.54, 1.807) is 18.2 Å². The molecule has 0 aromatic heterocycles. The Kier molecular flexibility index (Phi) is 6.41. The normalized spacial score (nSPS) is 11.3. The minimum atomic E-state index is -3.71. The highest BCUT2D eigenvalue weighted by Gasteiger charge is 2.21. The highest BCUT2D eigenvalue weighted by Crippen LogP contribution is 2.22. The molecule has 9 nitrogen and oxygen atoms in total. The Morgan fingerprint density at radius 1 is 1.00 bits per heavy atom. The standard InChI is InChI=1S/C21H18N4O5S/c1-24(31(29,30)20-5-3-2-4-6-20)18-13-9-17(10-14-18)21(26)23-22-15-16-7-11-19(12-8-16)25(27)28/h2-15H,1H3,(H,23,26)/b22-15-.